The number of rotatable bonds is 8. The minimum Gasteiger partial charge on any atom is -0.452 e. The summed E-state index contributed by atoms with van der Waals surface area (Å²) in [7, 11) is -4.14. The van der Waals surface area contributed by atoms with Gasteiger partial charge in [-0.3, -0.25) is 4.31 Å². The number of ether oxygens (including phenoxy) is 1. The van der Waals surface area contributed by atoms with Crippen LogP contribution in [0.4, 0.5) is 5.69 Å². The first-order valence-electron chi connectivity index (χ1n) is 9.42. The topological polar surface area (TPSA) is 89.7 Å². The maximum Gasteiger partial charge on any atom is 0.338 e. The van der Waals surface area contributed by atoms with Gasteiger partial charge in [-0.15, -0.1) is 6.58 Å². The van der Waals surface area contributed by atoms with E-state index in [1.54, 1.807) is 38.1 Å². The van der Waals surface area contributed by atoms with Gasteiger partial charge in [-0.2, -0.15) is 0 Å². The zero-order valence-corrected chi connectivity index (χ0v) is 19.7. The minimum atomic E-state index is -4.14. The maximum atomic E-state index is 13.4. The third-order valence-corrected chi connectivity index (χ3v) is 7.07. The molecule has 0 bridgehead atoms. The monoisotopic (exact) mass is 494 g/mol. The van der Waals surface area contributed by atoms with Gasteiger partial charge in [-0.25, -0.2) is 18.2 Å². The first kappa shape index (κ1) is 23.8. The van der Waals surface area contributed by atoms with E-state index >= 15 is 0 Å². The van der Waals surface area contributed by atoms with Crippen molar-refractivity contribution in [2.45, 2.75) is 25.3 Å². The number of esters is 1. The van der Waals surface area contributed by atoms with E-state index < -0.39 is 16.0 Å². The third kappa shape index (κ3) is 5.15. The molecule has 0 N–H and O–H groups in total. The summed E-state index contributed by atoms with van der Waals surface area (Å²) < 4.78 is 38.5. The first-order valence-corrected chi connectivity index (χ1v) is 11.6. The van der Waals surface area contributed by atoms with Crippen LogP contribution >= 0.6 is 23.2 Å². The summed E-state index contributed by atoms with van der Waals surface area (Å²) >= 11 is 12.1. The van der Waals surface area contributed by atoms with Crippen molar-refractivity contribution in [1.29, 1.82) is 0 Å². The molecule has 0 unspecified atom stereocenters. The van der Waals surface area contributed by atoms with Crippen LogP contribution in [0.1, 0.15) is 27.7 Å². The van der Waals surface area contributed by atoms with Crippen molar-refractivity contribution in [3.8, 4) is 0 Å². The van der Waals surface area contributed by atoms with Gasteiger partial charge in [0.1, 0.15) is 10.7 Å². The second kappa shape index (κ2) is 9.77. The van der Waals surface area contributed by atoms with E-state index in [0.29, 0.717) is 22.2 Å². The average Bonchev–Trinajstić information content (AvgIpc) is 3.08. The largest absolute Gasteiger partial charge is 0.452 e. The van der Waals surface area contributed by atoms with E-state index in [0.717, 1.165) is 4.31 Å². The standard InChI is InChI=1S/C22H20Cl2N2O5S/c1-4-11-26(18-8-6-17(23)7-9-18)32(28,29)20-12-16(5-10-19(20)24)22(27)30-13-21-25-14(2)15(3)31-21/h4-10,12H,1,11,13H2,2-3H3. The fourth-order valence-corrected chi connectivity index (χ4v) is 4.89. The molecular weight excluding hydrogens is 475 g/mol. The summed E-state index contributed by atoms with van der Waals surface area (Å²) in [6, 6.07) is 10.2. The SMILES string of the molecule is C=CCN(c1ccc(Cl)cc1)S(=O)(=O)c1cc(C(=O)OCc2nc(C)c(C)o2)ccc1Cl. The number of aromatic nitrogens is 1. The predicted octanol–water partition coefficient (Wildman–Crippen LogP) is 5.34. The molecule has 0 aliphatic carbocycles. The van der Waals surface area contributed by atoms with E-state index in [9.17, 15) is 13.2 Å². The van der Waals surface area contributed by atoms with E-state index in [-0.39, 0.29) is 34.5 Å². The lowest BCUT2D eigenvalue weighted by Crippen LogP contribution is -2.31. The summed E-state index contributed by atoms with van der Waals surface area (Å²) in [5, 5.41) is 0.424. The van der Waals surface area contributed by atoms with Crippen LogP contribution in [0.15, 0.2) is 64.4 Å². The molecule has 0 amide bonds. The van der Waals surface area contributed by atoms with Crippen LogP contribution in [0.2, 0.25) is 10.0 Å². The highest BCUT2D eigenvalue weighted by molar-refractivity contribution is 7.93. The molecule has 0 spiro atoms. The molecule has 10 heteroatoms. The zero-order chi connectivity index (χ0) is 23.5. The van der Waals surface area contributed by atoms with Gasteiger partial charge in [0.25, 0.3) is 10.0 Å². The van der Waals surface area contributed by atoms with Crippen LogP contribution in [0.25, 0.3) is 0 Å². The number of hydrogen-bond donors (Lipinski definition) is 0. The van der Waals surface area contributed by atoms with Crippen molar-refractivity contribution in [2.75, 3.05) is 10.8 Å². The van der Waals surface area contributed by atoms with Gasteiger partial charge in [0.15, 0.2) is 6.61 Å². The summed E-state index contributed by atoms with van der Waals surface area (Å²) in [5.74, 6) is 0.129. The third-order valence-electron chi connectivity index (χ3n) is 4.54. The van der Waals surface area contributed by atoms with Crippen molar-refractivity contribution in [3.63, 3.8) is 0 Å². The summed E-state index contributed by atoms with van der Waals surface area (Å²) in [6.07, 6.45) is 1.44. The van der Waals surface area contributed by atoms with Gasteiger partial charge in [-0.05, 0) is 56.3 Å². The van der Waals surface area contributed by atoms with Crippen molar-refractivity contribution < 1.29 is 22.4 Å². The lowest BCUT2D eigenvalue weighted by Gasteiger charge is -2.24. The van der Waals surface area contributed by atoms with Crippen LogP contribution in [0, 0.1) is 13.8 Å². The Morgan fingerprint density at radius 1 is 1.19 bits per heavy atom. The highest BCUT2D eigenvalue weighted by atomic mass is 35.5. The Bertz CT molecular complexity index is 1230. The van der Waals surface area contributed by atoms with Crippen molar-refractivity contribution in [2.24, 2.45) is 0 Å². The van der Waals surface area contributed by atoms with Gasteiger partial charge in [0.05, 0.1) is 28.5 Å². The highest BCUT2D eigenvalue weighted by Crippen LogP contribution is 2.30. The number of carbonyl (C=O) groups is 1. The average molecular weight is 495 g/mol. The fourth-order valence-electron chi connectivity index (χ4n) is 2.83. The Hall–Kier alpha value is -2.81. The molecular formula is C22H20Cl2N2O5S. The molecule has 168 valence electrons. The van der Waals surface area contributed by atoms with Gasteiger partial charge < -0.3 is 9.15 Å². The van der Waals surface area contributed by atoms with Crippen molar-refractivity contribution in [1.82, 2.24) is 4.98 Å². The smallest absolute Gasteiger partial charge is 0.338 e. The Labute approximate surface area is 196 Å². The molecule has 0 aliphatic rings. The Morgan fingerprint density at radius 3 is 2.47 bits per heavy atom. The number of sulfonamides is 1. The van der Waals surface area contributed by atoms with E-state index in [1.807, 2.05) is 0 Å². The van der Waals surface area contributed by atoms with Crippen LogP contribution < -0.4 is 4.31 Å². The van der Waals surface area contributed by atoms with Crippen molar-refractivity contribution >= 4 is 44.9 Å². The lowest BCUT2D eigenvalue weighted by molar-refractivity contribution is 0.0436. The number of halogens is 2. The molecule has 0 saturated heterocycles. The van der Waals surface area contributed by atoms with Gasteiger partial charge in [0.2, 0.25) is 5.89 Å². The zero-order valence-electron chi connectivity index (χ0n) is 17.3. The van der Waals surface area contributed by atoms with E-state index in [1.165, 1.54) is 24.3 Å². The van der Waals surface area contributed by atoms with Crippen LogP contribution in [-0.2, 0) is 21.4 Å². The molecule has 3 rings (SSSR count). The predicted molar refractivity (Wildman–Crippen MR) is 123 cm³/mol. The van der Waals surface area contributed by atoms with Crippen LogP contribution in [-0.4, -0.2) is 25.9 Å². The molecule has 2 aromatic carbocycles. The Kier molecular flexibility index (Phi) is 7.28. The molecule has 32 heavy (non-hydrogen) atoms. The molecule has 0 aliphatic heterocycles. The van der Waals surface area contributed by atoms with Crippen molar-refractivity contribution in [3.05, 3.63) is 88.1 Å². The Balaban J connectivity index is 1.90. The normalized spacial score (nSPS) is 11.2. The molecule has 0 saturated carbocycles. The first-order chi connectivity index (χ1) is 15.1. The number of anilines is 1. The number of nitrogens with zero attached hydrogens (tertiary/aromatic N) is 2. The van der Waals surface area contributed by atoms with E-state index in [4.69, 9.17) is 32.4 Å². The van der Waals surface area contributed by atoms with Gasteiger partial charge >= 0.3 is 5.97 Å². The number of aryl methyl sites for hydroxylation is 2. The Morgan fingerprint density at radius 2 is 1.88 bits per heavy atom. The lowest BCUT2D eigenvalue weighted by atomic mass is 10.2. The van der Waals surface area contributed by atoms with Crippen LogP contribution in [0.5, 0.6) is 0 Å². The number of carbonyl (C=O) groups excluding carboxylic acids is 1. The summed E-state index contributed by atoms with van der Waals surface area (Å²) in [5.41, 5.74) is 1.08. The second-order valence-electron chi connectivity index (χ2n) is 6.77. The molecule has 0 radical (unpaired) electrons. The van der Waals surface area contributed by atoms with E-state index in [2.05, 4.69) is 11.6 Å². The highest BCUT2D eigenvalue weighted by Gasteiger charge is 2.28. The van der Waals surface area contributed by atoms with Gasteiger partial charge in [0, 0.05) is 5.02 Å². The van der Waals surface area contributed by atoms with Crippen LogP contribution in [0.3, 0.4) is 0 Å². The minimum absolute atomic E-state index is 0.0160. The molecule has 0 atom stereocenters. The molecule has 1 heterocycles. The number of oxazole rings is 1. The fraction of sp³-hybridized carbons (Fsp3) is 0.182. The number of hydrogen-bond acceptors (Lipinski definition) is 6. The molecule has 1 aromatic heterocycles. The molecule has 7 nitrogen and oxygen atoms in total. The summed E-state index contributed by atoms with van der Waals surface area (Å²) in [6.45, 7) is 6.94. The number of benzene rings is 2. The van der Waals surface area contributed by atoms with Gasteiger partial charge in [-0.1, -0.05) is 29.3 Å². The molecule has 0 fully saturated rings. The second-order valence-corrected chi connectivity index (χ2v) is 9.45. The summed E-state index contributed by atoms with van der Waals surface area (Å²) in [4.78, 5) is 16.4. The maximum absolute atomic E-state index is 13.4. The quantitative estimate of drug-likeness (QED) is 0.310. The molecule has 3 aromatic rings.